The molecule has 2 aliphatic rings. The van der Waals surface area contributed by atoms with E-state index in [2.05, 4.69) is 25.7 Å². The normalized spacial score (nSPS) is 36.4. The van der Waals surface area contributed by atoms with Crippen LogP contribution in [0.25, 0.3) is 0 Å². The van der Waals surface area contributed by atoms with Crippen LogP contribution >= 0.6 is 0 Å². The SMILES string of the molecule is CC(C)C1CCC(CN2CCOC[C@@H]2C)CC1. The number of hydrogen-bond acceptors (Lipinski definition) is 2. The lowest BCUT2D eigenvalue weighted by Gasteiger charge is -2.38. The molecule has 1 aliphatic carbocycles. The maximum Gasteiger partial charge on any atom is 0.0619 e. The monoisotopic (exact) mass is 239 g/mol. The van der Waals surface area contributed by atoms with Crippen LogP contribution in [0.3, 0.4) is 0 Å². The van der Waals surface area contributed by atoms with Crippen molar-refractivity contribution >= 4 is 0 Å². The van der Waals surface area contributed by atoms with Gasteiger partial charge in [0.25, 0.3) is 0 Å². The standard InChI is InChI=1S/C15H29NO/c1-12(2)15-6-4-14(5-7-15)10-16-8-9-17-11-13(16)3/h12-15H,4-11H2,1-3H3/t13-,14?,15?/m0/s1. The molecule has 0 aromatic carbocycles. The second-order valence-electron chi connectivity index (χ2n) is 6.44. The Kier molecular flexibility index (Phi) is 4.87. The van der Waals surface area contributed by atoms with E-state index in [1.54, 1.807) is 0 Å². The summed E-state index contributed by atoms with van der Waals surface area (Å²) in [5.74, 6) is 2.83. The summed E-state index contributed by atoms with van der Waals surface area (Å²) in [7, 11) is 0. The molecule has 1 saturated carbocycles. The fraction of sp³-hybridized carbons (Fsp3) is 1.00. The third-order valence-corrected chi connectivity index (χ3v) is 4.83. The van der Waals surface area contributed by atoms with Gasteiger partial charge in [-0.1, -0.05) is 13.8 Å². The first kappa shape index (κ1) is 13.4. The van der Waals surface area contributed by atoms with E-state index in [9.17, 15) is 0 Å². The average molecular weight is 239 g/mol. The zero-order valence-electron chi connectivity index (χ0n) is 11.8. The Bertz CT molecular complexity index is 221. The van der Waals surface area contributed by atoms with Crippen LogP contribution in [-0.4, -0.2) is 37.2 Å². The van der Waals surface area contributed by atoms with Gasteiger partial charge in [-0.05, 0) is 50.4 Å². The molecule has 2 fully saturated rings. The predicted molar refractivity (Wildman–Crippen MR) is 72.1 cm³/mol. The first-order valence-corrected chi connectivity index (χ1v) is 7.48. The Balaban J connectivity index is 1.73. The van der Waals surface area contributed by atoms with E-state index in [4.69, 9.17) is 4.74 Å². The van der Waals surface area contributed by atoms with Crippen molar-refractivity contribution in [2.45, 2.75) is 52.5 Å². The molecule has 0 aromatic heterocycles. The van der Waals surface area contributed by atoms with Crippen molar-refractivity contribution in [1.29, 1.82) is 0 Å². The fourth-order valence-electron chi connectivity index (χ4n) is 3.40. The molecule has 0 N–H and O–H groups in total. The fourth-order valence-corrected chi connectivity index (χ4v) is 3.40. The van der Waals surface area contributed by atoms with E-state index in [-0.39, 0.29) is 0 Å². The highest BCUT2D eigenvalue weighted by Crippen LogP contribution is 2.33. The molecule has 2 heteroatoms. The zero-order valence-corrected chi connectivity index (χ0v) is 11.8. The third-order valence-electron chi connectivity index (χ3n) is 4.83. The molecular formula is C15H29NO. The van der Waals surface area contributed by atoms with Crippen LogP contribution in [0, 0.1) is 17.8 Å². The molecule has 2 nitrogen and oxygen atoms in total. The van der Waals surface area contributed by atoms with E-state index < -0.39 is 0 Å². The van der Waals surface area contributed by atoms with Gasteiger partial charge in [-0.2, -0.15) is 0 Å². The summed E-state index contributed by atoms with van der Waals surface area (Å²) in [6.07, 6.45) is 5.82. The first-order chi connectivity index (χ1) is 8.16. The van der Waals surface area contributed by atoms with Gasteiger partial charge in [-0.25, -0.2) is 0 Å². The Morgan fingerprint density at radius 3 is 2.47 bits per heavy atom. The molecule has 0 spiro atoms. The lowest BCUT2D eigenvalue weighted by molar-refractivity contribution is -0.0112. The van der Waals surface area contributed by atoms with Crippen LogP contribution in [0.1, 0.15) is 46.5 Å². The summed E-state index contributed by atoms with van der Waals surface area (Å²) in [5, 5.41) is 0. The smallest absolute Gasteiger partial charge is 0.0619 e. The van der Waals surface area contributed by atoms with Crippen molar-refractivity contribution in [1.82, 2.24) is 4.90 Å². The molecule has 0 bridgehead atoms. The lowest BCUT2D eigenvalue weighted by Crippen LogP contribution is -2.46. The largest absolute Gasteiger partial charge is 0.379 e. The van der Waals surface area contributed by atoms with Crippen LogP contribution in [0.4, 0.5) is 0 Å². The summed E-state index contributed by atoms with van der Waals surface area (Å²) in [6.45, 7) is 11.4. The molecule has 0 radical (unpaired) electrons. The Morgan fingerprint density at radius 2 is 1.88 bits per heavy atom. The van der Waals surface area contributed by atoms with Crippen LogP contribution in [0.2, 0.25) is 0 Å². The topological polar surface area (TPSA) is 12.5 Å². The minimum absolute atomic E-state index is 0.631. The van der Waals surface area contributed by atoms with Gasteiger partial charge in [0.2, 0.25) is 0 Å². The molecule has 2 rings (SSSR count). The summed E-state index contributed by atoms with van der Waals surface area (Å²) in [5.41, 5.74) is 0. The Morgan fingerprint density at radius 1 is 1.18 bits per heavy atom. The van der Waals surface area contributed by atoms with E-state index >= 15 is 0 Å². The molecule has 0 aromatic rings. The number of morpholine rings is 1. The van der Waals surface area contributed by atoms with E-state index in [0.29, 0.717) is 6.04 Å². The second-order valence-corrected chi connectivity index (χ2v) is 6.44. The van der Waals surface area contributed by atoms with Crippen molar-refractivity contribution in [2.75, 3.05) is 26.3 Å². The number of rotatable bonds is 3. The van der Waals surface area contributed by atoms with Gasteiger partial charge in [0.15, 0.2) is 0 Å². The molecule has 1 atom stereocenters. The van der Waals surface area contributed by atoms with Gasteiger partial charge in [0.1, 0.15) is 0 Å². The molecule has 1 heterocycles. The molecular weight excluding hydrogens is 210 g/mol. The van der Waals surface area contributed by atoms with Crippen molar-refractivity contribution in [3.05, 3.63) is 0 Å². The average Bonchev–Trinajstić information content (AvgIpc) is 2.33. The molecule has 0 amide bonds. The summed E-state index contributed by atoms with van der Waals surface area (Å²) < 4.78 is 5.51. The molecule has 1 saturated heterocycles. The zero-order chi connectivity index (χ0) is 12.3. The van der Waals surface area contributed by atoms with Crippen molar-refractivity contribution in [3.63, 3.8) is 0 Å². The lowest BCUT2D eigenvalue weighted by atomic mass is 9.77. The van der Waals surface area contributed by atoms with Gasteiger partial charge >= 0.3 is 0 Å². The van der Waals surface area contributed by atoms with Crippen LogP contribution in [-0.2, 0) is 4.74 Å². The number of hydrogen-bond donors (Lipinski definition) is 0. The maximum absolute atomic E-state index is 5.51. The van der Waals surface area contributed by atoms with Crippen LogP contribution < -0.4 is 0 Å². The second kappa shape index (κ2) is 6.19. The van der Waals surface area contributed by atoms with Gasteiger partial charge in [0, 0.05) is 19.1 Å². The quantitative estimate of drug-likeness (QED) is 0.750. The minimum Gasteiger partial charge on any atom is -0.379 e. The predicted octanol–water partition coefficient (Wildman–Crippen LogP) is 3.17. The minimum atomic E-state index is 0.631. The highest BCUT2D eigenvalue weighted by molar-refractivity contribution is 4.79. The summed E-state index contributed by atoms with van der Waals surface area (Å²) in [4.78, 5) is 2.64. The highest BCUT2D eigenvalue weighted by Gasteiger charge is 2.27. The Hall–Kier alpha value is -0.0800. The van der Waals surface area contributed by atoms with Crippen LogP contribution in [0.15, 0.2) is 0 Å². The van der Waals surface area contributed by atoms with Crippen molar-refractivity contribution in [2.24, 2.45) is 17.8 Å². The Labute approximate surface area is 107 Å². The summed E-state index contributed by atoms with van der Waals surface area (Å²) >= 11 is 0. The van der Waals surface area contributed by atoms with Gasteiger partial charge in [-0.15, -0.1) is 0 Å². The molecule has 100 valence electrons. The van der Waals surface area contributed by atoms with Crippen LogP contribution in [0.5, 0.6) is 0 Å². The number of ether oxygens (including phenoxy) is 1. The third kappa shape index (κ3) is 3.69. The molecule has 0 unspecified atom stereocenters. The highest BCUT2D eigenvalue weighted by atomic mass is 16.5. The van der Waals surface area contributed by atoms with Gasteiger partial charge in [0.05, 0.1) is 13.2 Å². The van der Waals surface area contributed by atoms with E-state index in [0.717, 1.165) is 37.5 Å². The molecule has 17 heavy (non-hydrogen) atoms. The first-order valence-electron chi connectivity index (χ1n) is 7.48. The van der Waals surface area contributed by atoms with Gasteiger partial charge < -0.3 is 4.74 Å². The van der Waals surface area contributed by atoms with Crippen molar-refractivity contribution < 1.29 is 4.74 Å². The van der Waals surface area contributed by atoms with Gasteiger partial charge in [-0.3, -0.25) is 4.90 Å². The number of nitrogens with zero attached hydrogens (tertiary/aromatic N) is 1. The maximum atomic E-state index is 5.51. The van der Waals surface area contributed by atoms with Crippen molar-refractivity contribution in [3.8, 4) is 0 Å². The molecule has 1 aliphatic heterocycles. The van der Waals surface area contributed by atoms with E-state index in [1.807, 2.05) is 0 Å². The summed E-state index contributed by atoms with van der Waals surface area (Å²) in [6, 6.07) is 0.631. The van der Waals surface area contributed by atoms with E-state index in [1.165, 1.54) is 32.2 Å².